The van der Waals surface area contributed by atoms with Crippen LogP contribution in [0.25, 0.3) is 5.52 Å². The zero-order valence-electron chi connectivity index (χ0n) is 9.91. The number of nitrogens with zero attached hydrogens (tertiary/aromatic N) is 3. The number of hydrogen-bond acceptors (Lipinski definition) is 3. The molecule has 0 radical (unpaired) electrons. The van der Waals surface area contributed by atoms with Crippen molar-refractivity contribution in [2.24, 2.45) is 0 Å². The first kappa shape index (κ1) is 12.1. The van der Waals surface area contributed by atoms with Gasteiger partial charge in [-0.2, -0.15) is 5.10 Å². The van der Waals surface area contributed by atoms with E-state index in [0.717, 1.165) is 0 Å². The second-order valence-corrected chi connectivity index (χ2v) is 3.96. The van der Waals surface area contributed by atoms with Gasteiger partial charge in [-0.3, -0.25) is 9.59 Å². The summed E-state index contributed by atoms with van der Waals surface area (Å²) in [6, 6.07) is 5.44. The number of carboxylic acids is 1. The van der Waals surface area contributed by atoms with Gasteiger partial charge < -0.3 is 10.0 Å². The monoisotopic (exact) mass is 247 g/mol. The lowest BCUT2D eigenvalue weighted by Crippen LogP contribution is -2.28. The van der Waals surface area contributed by atoms with Crippen LogP contribution < -0.4 is 0 Å². The van der Waals surface area contributed by atoms with Gasteiger partial charge in [-0.15, -0.1) is 0 Å². The molecule has 2 heterocycles. The van der Waals surface area contributed by atoms with E-state index in [1.165, 1.54) is 11.1 Å². The van der Waals surface area contributed by atoms with Crippen LogP contribution in [-0.2, 0) is 4.79 Å². The average Bonchev–Trinajstić information content (AvgIpc) is 2.78. The highest BCUT2D eigenvalue weighted by molar-refractivity contribution is 6.00. The van der Waals surface area contributed by atoms with Gasteiger partial charge in [-0.05, 0) is 12.1 Å². The standard InChI is InChI=1S/C12H13N3O3/c1-14(7-5-11(16)17)12(18)9-8-13-15-6-3-2-4-10(9)15/h2-4,6,8H,5,7H2,1H3,(H,16,17). The summed E-state index contributed by atoms with van der Waals surface area (Å²) in [6.07, 6.45) is 3.18. The molecule has 2 aromatic rings. The zero-order chi connectivity index (χ0) is 13.1. The van der Waals surface area contributed by atoms with Crippen LogP contribution in [0, 0.1) is 0 Å². The Morgan fingerprint density at radius 1 is 1.44 bits per heavy atom. The lowest BCUT2D eigenvalue weighted by atomic mass is 10.2. The highest BCUT2D eigenvalue weighted by Gasteiger charge is 2.16. The molecule has 0 atom stereocenters. The first-order valence-corrected chi connectivity index (χ1v) is 5.49. The molecular formula is C12H13N3O3. The molecule has 0 saturated heterocycles. The summed E-state index contributed by atoms with van der Waals surface area (Å²) in [5.41, 5.74) is 1.19. The second-order valence-electron chi connectivity index (χ2n) is 3.96. The minimum Gasteiger partial charge on any atom is -0.481 e. The van der Waals surface area contributed by atoms with E-state index in [9.17, 15) is 9.59 Å². The molecule has 0 fully saturated rings. The summed E-state index contributed by atoms with van der Waals surface area (Å²) < 4.78 is 1.61. The summed E-state index contributed by atoms with van der Waals surface area (Å²) in [5.74, 6) is -1.15. The van der Waals surface area contributed by atoms with Crippen molar-refractivity contribution in [3.05, 3.63) is 36.2 Å². The van der Waals surface area contributed by atoms with Gasteiger partial charge in [0.05, 0.1) is 23.7 Å². The Kier molecular flexibility index (Phi) is 3.27. The minimum atomic E-state index is -0.922. The van der Waals surface area contributed by atoms with Crippen molar-refractivity contribution in [2.75, 3.05) is 13.6 Å². The summed E-state index contributed by atoms with van der Waals surface area (Å²) >= 11 is 0. The van der Waals surface area contributed by atoms with Crippen LogP contribution in [0.4, 0.5) is 0 Å². The molecular weight excluding hydrogens is 234 g/mol. The number of aromatic nitrogens is 2. The first-order valence-electron chi connectivity index (χ1n) is 5.49. The molecule has 0 aliphatic heterocycles. The summed E-state index contributed by atoms with van der Waals surface area (Å²) in [4.78, 5) is 24.0. The topological polar surface area (TPSA) is 74.9 Å². The van der Waals surface area contributed by atoms with E-state index >= 15 is 0 Å². The van der Waals surface area contributed by atoms with E-state index in [0.29, 0.717) is 11.1 Å². The Bertz CT molecular complexity index is 591. The fraction of sp³-hybridized carbons (Fsp3) is 0.250. The Morgan fingerprint density at radius 2 is 2.22 bits per heavy atom. The van der Waals surface area contributed by atoms with E-state index in [-0.39, 0.29) is 18.9 Å². The number of amides is 1. The van der Waals surface area contributed by atoms with Crippen molar-refractivity contribution >= 4 is 17.4 Å². The number of rotatable bonds is 4. The molecule has 0 aliphatic rings. The van der Waals surface area contributed by atoms with Crippen LogP contribution in [0.2, 0.25) is 0 Å². The van der Waals surface area contributed by atoms with Crippen LogP contribution in [0.15, 0.2) is 30.6 Å². The minimum absolute atomic E-state index is 0.0680. The number of carbonyl (C=O) groups excluding carboxylic acids is 1. The molecule has 0 saturated carbocycles. The highest BCUT2D eigenvalue weighted by atomic mass is 16.4. The Morgan fingerprint density at radius 3 is 2.94 bits per heavy atom. The third kappa shape index (κ3) is 2.32. The smallest absolute Gasteiger partial charge is 0.305 e. The van der Waals surface area contributed by atoms with Crippen molar-refractivity contribution < 1.29 is 14.7 Å². The van der Waals surface area contributed by atoms with Gasteiger partial charge in [-0.25, -0.2) is 4.52 Å². The van der Waals surface area contributed by atoms with E-state index in [4.69, 9.17) is 5.11 Å². The number of carboxylic acid groups (broad SMARTS) is 1. The van der Waals surface area contributed by atoms with E-state index < -0.39 is 5.97 Å². The molecule has 1 N–H and O–H groups in total. The maximum Gasteiger partial charge on any atom is 0.305 e. The molecule has 94 valence electrons. The summed E-state index contributed by atoms with van der Waals surface area (Å²) in [5, 5.41) is 12.7. The van der Waals surface area contributed by atoms with Crippen molar-refractivity contribution in [1.82, 2.24) is 14.5 Å². The van der Waals surface area contributed by atoms with Crippen LogP contribution in [0.1, 0.15) is 16.8 Å². The molecule has 0 aromatic carbocycles. The molecule has 1 amide bonds. The fourth-order valence-electron chi connectivity index (χ4n) is 1.67. The van der Waals surface area contributed by atoms with Crippen molar-refractivity contribution in [2.45, 2.75) is 6.42 Å². The molecule has 18 heavy (non-hydrogen) atoms. The van der Waals surface area contributed by atoms with Crippen molar-refractivity contribution in [1.29, 1.82) is 0 Å². The van der Waals surface area contributed by atoms with E-state index in [2.05, 4.69) is 5.10 Å². The van der Waals surface area contributed by atoms with Crippen molar-refractivity contribution in [3.8, 4) is 0 Å². The molecule has 0 spiro atoms. The molecule has 0 aliphatic carbocycles. The predicted octanol–water partition coefficient (Wildman–Crippen LogP) is 0.881. The number of carbonyl (C=O) groups is 2. The van der Waals surface area contributed by atoms with E-state index in [1.807, 2.05) is 12.1 Å². The largest absolute Gasteiger partial charge is 0.481 e. The third-order valence-electron chi connectivity index (χ3n) is 2.66. The Hall–Kier alpha value is -2.37. The molecule has 6 nitrogen and oxygen atoms in total. The number of hydrogen-bond donors (Lipinski definition) is 1. The van der Waals surface area contributed by atoms with Crippen molar-refractivity contribution in [3.63, 3.8) is 0 Å². The molecule has 2 aromatic heterocycles. The van der Waals surface area contributed by atoms with E-state index in [1.54, 1.807) is 23.8 Å². The molecule has 0 unspecified atom stereocenters. The lowest BCUT2D eigenvalue weighted by molar-refractivity contribution is -0.137. The number of aliphatic carboxylic acids is 1. The van der Waals surface area contributed by atoms with Gasteiger partial charge in [0.1, 0.15) is 0 Å². The second kappa shape index (κ2) is 4.87. The number of pyridine rings is 1. The quantitative estimate of drug-likeness (QED) is 0.870. The van der Waals surface area contributed by atoms with Crippen LogP contribution in [0.5, 0.6) is 0 Å². The maximum absolute atomic E-state index is 12.1. The van der Waals surface area contributed by atoms with Gasteiger partial charge in [0.2, 0.25) is 0 Å². The van der Waals surface area contributed by atoms with Gasteiger partial charge in [0.15, 0.2) is 0 Å². The van der Waals surface area contributed by atoms with Crippen LogP contribution >= 0.6 is 0 Å². The highest BCUT2D eigenvalue weighted by Crippen LogP contribution is 2.12. The van der Waals surface area contributed by atoms with Gasteiger partial charge >= 0.3 is 5.97 Å². The first-order chi connectivity index (χ1) is 8.59. The average molecular weight is 247 g/mol. The van der Waals surface area contributed by atoms with Gasteiger partial charge in [0.25, 0.3) is 5.91 Å². The normalized spacial score (nSPS) is 10.5. The third-order valence-corrected chi connectivity index (χ3v) is 2.66. The lowest BCUT2D eigenvalue weighted by Gasteiger charge is -2.14. The Labute approximate surface area is 103 Å². The SMILES string of the molecule is CN(CCC(=O)O)C(=O)c1cnn2ccccc12. The molecule has 2 rings (SSSR count). The van der Waals surface area contributed by atoms with Crippen LogP contribution in [0.3, 0.4) is 0 Å². The summed E-state index contributed by atoms with van der Waals surface area (Å²) in [7, 11) is 1.58. The van der Waals surface area contributed by atoms with Gasteiger partial charge in [-0.1, -0.05) is 6.07 Å². The van der Waals surface area contributed by atoms with Gasteiger partial charge in [0, 0.05) is 19.8 Å². The Balaban J connectivity index is 2.20. The molecule has 6 heteroatoms. The van der Waals surface area contributed by atoms with Crippen LogP contribution in [-0.4, -0.2) is 45.1 Å². The summed E-state index contributed by atoms with van der Waals surface area (Å²) in [6.45, 7) is 0.179. The zero-order valence-corrected chi connectivity index (χ0v) is 9.91. The number of fused-ring (bicyclic) bond motifs is 1. The predicted molar refractivity (Wildman–Crippen MR) is 64.4 cm³/mol. The molecule has 0 bridgehead atoms. The fourth-order valence-corrected chi connectivity index (χ4v) is 1.67. The maximum atomic E-state index is 12.1.